The molecule has 1 unspecified atom stereocenters. The van der Waals surface area contributed by atoms with Gasteiger partial charge < -0.3 is 10.1 Å². The summed E-state index contributed by atoms with van der Waals surface area (Å²) in [7, 11) is 0. The summed E-state index contributed by atoms with van der Waals surface area (Å²) in [5.41, 5.74) is 4.65. The number of benzene rings is 1. The molecule has 0 aromatic heterocycles. The Labute approximate surface area is 131 Å². The van der Waals surface area contributed by atoms with E-state index in [4.69, 9.17) is 9.94 Å². The minimum absolute atomic E-state index is 0.245. The fourth-order valence-electron chi connectivity index (χ4n) is 3.39. The summed E-state index contributed by atoms with van der Waals surface area (Å²) >= 11 is 0. The van der Waals surface area contributed by atoms with E-state index >= 15 is 0 Å². The molecule has 3 N–H and O–H groups in total. The van der Waals surface area contributed by atoms with Crippen molar-refractivity contribution in [2.75, 3.05) is 19.7 Å². The van der Waals surface area contributed by atoms with Gasteiger partial charge in [-0.15, -0.1) is 0 Å². The molecule has 1 heterocycles. The highest BCUT2D eigenvalue weighted by molar-refractivity contribution is 5.93. The van der Waals surface area contributed by atoms with Crippen LogP contribution in [0.25, 0.3) is 0 Å². The lowest BCUT2D eigenvalue weighted by Crippen LogP contribution is -2.32. The van der Waals surface area contributed by atoms with Gasteiger partial charge in [-0.1, -0.05) is 6.07 Å². The summed E-state index contributed by atoms with van der Waals surface area (Å²) in [4.78, 5) is 11.5. The van der Waals surface area contributed by atoms with E-state index < -0.39 is 5.91 Å². The van der Waals surface area contributed by atoms with E-state index in [1.165, 1.54) is 24.0 Å². The minimum Gasteiger partial charge on any atom is -0.378 e. The molecule has 1 aliphatic heterocycles. The fourth-order valence-corrected chi connectivity index (χ4v) is 3.39. The third kappa shape index (κ3) is 3.66. The quantitative estimate of drug-likeness (QED) is 0.585. The Morgan fingerprint density at radius 3 is 2.86 bits per heavy atom. The molecule has 5 heteroatoms. The second-order valence-corrected chi connectivity index (χ2v) is 6.32. The number of rotatable bonds is 4. The zero-order valence-corrected chi connectivity index (χ0v) is 12.8. The number of aryl methyl sites for hydroxylation is 1. The van der Waals surface area contributed by atoms with Gasteiger partial charge in [-0.3, -0.25) is 10.0 Å². The van der Waals surface area contributed by atoms with Crippen LogP contribution in [0.4, 0.5) is 0 Å². The molecule has 0 bridgehead atoms. The molecule has 0 spiro atoms. The topological polar surface area (TPSA) is 70.6 Å². The second-order valence-electron chi connectivity index (χ2n) is 6.32. The third-order valence-electron chi connectivity index (χ3n) is 4.78. The summed E-state index contributed by atoms with van der Waals surface area (Å²) in [6.07, 6.45) is 5.53. The lowest BCUT2D eigenvalue weighted by atomic mass is 9.88. The first-order valence-corrected chi connectivity index (χ1v) is 8.15. The van der Waals surface area contributed by atoms with Crippen molar-refractivity contribution in [2.24, 2.45) is 5.92 Å². The maximum absolute atomic E-state index is 11.5. The number of carbonyl (C=O) groups is 1. The van der Waals surface area contributed by atoms with E-state index in [1.54, 1.807) is 11.5 Å². The average molecular weight is 304 g/mol. The first-order valence-electron chi connectivity index (χ1n) is 8.15. The number of amides is 1. The molecule has 1 aromatic carbocycles. The Bertz CT molecular complexity index is 527. The van der Waals surface area contributed by atoms with E-state index in [0.717, 1.165) is 39.0 Å². The standard InChI is InChI=1S/C17H24N2O3/c20-17(19-21)14-2-1-13-3-4-16(10-15(13)9-14)22-11-12-5-7-18-8-6-12/h1-2,9,12,16,18,21H,3-8,10-11H2,(H,19,20). The normalized spacial score (nSPS) is 22.1. The third-order valence-corrected chi connectivity index (χ3v) is 4.78. The fraction of sp³-hybridized carbons (Fsp3) is 0.588. The van der Waals surface area contributed by atoms with Crippen LogP contribution in [0.3, 0.4) is 0 Å². The number of piperidine rings is 1. The highest BCUT2D eigenvalue weighted by Crippen LogP contribution is 2.25. The zero-order valence-electron chi connectivity index (χ0n) is 12.8. The van der Waals surface area contributed by atoms with Crippen LogP contribution in [0.5, 0.6) is 0 Å². The predicted octanol–water partition coefficient (Wildman–Crippen LogP) is 1.68. The highest BCUT2D eigenvalue weighted by Gasteiger charge is 2.22. The van der Waals surface area contributed by atoms with E-state index in [0.29, 0.717) is 11.5 Å². The van der Waals surface area contributed by atoms with Crippen molar-refractivity contribution in [3.05, 3.63) is 34.9 Å². The number of nitrogens with one attached hydrogen (secondary N) is 2. The molecule has 120 valence electrons. The maximum Gasteiger partial charge on any atom is 0.274 e. The van der Waals surface area contributed by atoms with Crippen molar-refractivity contribution in [1.82, 2.24) is 10.8 Å². The first-order chi connectivity index (χ1) is 10.8. The maximum atomic E-state index is 11.5. The Morgan fingerprint density at radius 1 is 1.27 bits per heavy atom. The lowest BCUT2D eigenvalue weighted by molar-refractivity contribution is 0.0151. The number of ether oxygens (including phenoxy) is 1. The predicted molar refractivity (Wildman–Crippen MR) is 83.1 cm³/mol. The van der Waals surface area contributed by atoms with E-state index in [2.05, 4.69) is 5.32 Å². The molecule has 0 saturated carbocycles. The lowest BCUT2D eigenvalue weighted by Gasteiger charge is -2.28. The summed E-state index contributed by atoms with van der Waals surface area (Å²) < 4.78 is 6.13. The molecule has 1 atom stereocenters. The van der Waals surface area contributed by atoms with Crippen LogP contribution < -0.4 is 10.8 Å². The first kappa shape index (κ1) is 15.5. The molecule has 2 aliphatic rings. The summed E-state index contributed by atoms with van der Waals surface area (Å²) in [6, 6.07) is 5.63. The zero-order chi connectivity index (χ0) is 15.4. The van der Waals surface area contributed by atoms with Gasteiger partial charge >= 0.3 is 0 Å². The van der Waals surface area contributed by atoms with Crippen LogP contribution in [0, 0.1) is 5.92 Å². The molecule has 3 rings (SSSR count). The van der Waals surface area contributed by atoms with Crippen molar-refractivity contribution in [3.8, 4) is 0 Å². The van der Waals surface area contributed by atoms with Gasteiger partial charge in [-0.2, -0.15) is 0 Å². The van der Waals surface area contributed by atoms with Crippen LogP contribution >= 0.6 is 0 Å². The van der Waals surface area contributed by atoms with Crippen molar-refractivity contribution in [1.29, 1.82) is 0 Å². The largest absolute Gasteiger partial charge is 0.378 e. The van der Waals surface area contributed by atoms with Gasteiger partial charge in [0.15, 0.2) is 0 Å². The Balaban J connectivity index is 1.58. The number of fused-ring (bicyclic) bond motifs is 1. The van der Waals surface area contributed by atoms with Gasteiger partial charge in [-0.25, -0.2) is 5.48 Å². The van der Waals surface area contributed by atoms with Gasteiger partial charge in [0, 0.05) is 12.2 Å². The van der Waals surface area contributed by atoms with Crippen molar-refractivity contribution < 1.29 is 14.7 Å². The van der Waals surface area contributed by atoms with Gasteiger partial charge in [0.25, 0.3) is 5.91 Å². The Hall–Kier alpha value is -1.43. The second kappa shape index (κ2) is 7.22. The average Bonchev–Trinajstić information content (AvgIpc) is 2.59. The van der Waals surface area contributed by atoms with Gasteiger partial charge in [0.2, 0.25) is 0 Å². The number of hydroxylamine groups is 1. The number of hydrogen-bond donors (Lipinski definition) is 3. The summed E-state index contributed by atoms with van der Waals surface area (Å²) in [6.45, 7) is 3.04. The van der Waals surface area contributed by atoms with Gasteiger partial charge in [0.05, 0.1) is 6.10 Å². The molecule has 1 aromatic rings. The molecule has 5 nitrogen and oxygen atoms in total. The minimum atomic E-state index is -0.458. The molecule has 1 saturated heterocycles. The van der Waals surface area contributed by atoms with E-state index in [-0.39, 0.29) is 6.10 Å². The molecule has 1 aliphatic carbocycles. The SMILES string of the molecule is O=C(NO)c1ccc2c(c1)CC(OCC1CCNCC1)CC2. The molecule has 1 fully saturated rings. The molecular formula is C17H24N2O3. The monoisotopic (exact) mass is 304 g/mol. The van der Waals surface area contributed by atoms with Gasteiger partial charge in [-0.05, 0) is 74.4 Å². The number of carbonyl (C=O) groups excluding carboxylic acids is 1. The van der Waals surface area contributed by atoms with Crippen molar-refractivity contribution in [3.63, 3.8) is 0 Å². The number of hydrogen-bond acceptors (Lipinski definition) is 4. The van der Waals surface area contributed by atoms with Gasteiger partial charge in [0.1, 0.15) is 0 Å². The van der Waals surface area contributed by atoms with E-state index in [9.17, 15) is 4.79 Å². The molecular weight excluding hydrogens is 280 g/mol. The van der Waals surface area contributed by atoms with Crippen LogP contribution in [-0.2, 0) is 17.6 Å². The van der Waals surface area contributed by atoms with E-state index in [1.807, 2.05) is 12.1 Å². The van der Waals surface area contributed by atoms with Crippen LogP contribution in [0.15, 0.2) is 18.2 Å². The van der Waals surface area contributed by atoms with Crippen LogP contribution in [0.2, 0.25) is 0 Å². The van der Waals surface area contributed by atoms with Crippen LogP contribution in [-0.4, -0.2) is 36.9 Å². The summed E-state index contributed by atoms with van der Waals surface area (Å²) in [5.74, 6) is 0.217. The Kier molecular flexibility index (Phi) is 5.08. The highest BCUT2D eigenvalue weighted by atomic mass is 16.5. The van der Waals surface area contributed by atoms with Crippen LogP contribution in [0.1, 0.15) is 40.7 Å². The van der Waals surface area contributed by atoms with Crippen molar-refractivity contribution in [2.45, 2.75) is 38.2 Å². The smallest absolute Gasteiger partial charge is 0.274 e. The molecule has 0 radical (unpaired) electrons. The summed E-state index contributed by atoms with van der Waals surface area (Å²) in [5, 5.41) is 12.1. The van der Waals surface area contributed by atoms with Crippen molar-refractivity contribution >= 4 is 5.91 Å². The molecule has 22 heavy (non-hydrogen) atoms. The Morgan fingerprint density at radius 2 is 2.09 bits per heavy atom. The molecule has 1 amide bonds.